The summed E-state index contributed by atoms with van der Waals surface area (Å²) in [7, 11) is 0. The van der Waals surface area contributed by atoms with Crippen molar-refractivity contribution in [3.05, 3.63) is 69.7 Å². The zero-order valence-electron chi connectivity index (χ0n) is 12.5. The number of nitro groups is 1. The van der Waals surface area contributed by atoms with E-state index in [-0.39, 0.29) is 17.1 Å². The van der Waals surface area contributed by atoms with Crippen LogP contribution < -0.4 is 5.32 Å². The first kappa shape index (κ1) is 15.5. The Morgan fingerprint density at radius 2 is 2.12 bits per heavy atom. The topological polar surface area (TPSA) is 94.8 Å². The van der Waals surface area contributed by atoms with Crippen LogP contribution in [-0.2, 0) is 6.42 Å². The molecule has 0 fully saturated rings. The first-order chi connectivity index (χ1) is 11.6. The molecule has 0 atom stereocenters. The molecule has 24 heavy (non-hydrogen) atoms. The van der Waals surface area contributed by atoms with E-state index < -0.39 is 4.92 Å². The second-order valence-electron chi connectivity index (χ2n) is 5.28. The van der Waals surface area contributed by atoms with E-state index >= 15 is 0 Å². The maximum absolute atomic E-state index is 13.4. The number of nitrogens with one attached hydrogen (secondary N) is 2. The van der Waals surface area contributed by atoms with Gasteiger partial charge in [-0.05, 0) is 36.2 Å². The summed E-state index contributed by atoms with van der Waals surface area (Å²) in [4.78, 5) is 13.3. The van der Waals surface area contributed by atoms with Crippen molar-refractivity contribution in [3.8, 4) is 6.07 Å². The van der Waals surface area contributed by atoms with Gasteiger partial charge in [-0.2, -0.15) is 5.26 Å². The third-order valence-electron chi connectivity index (χ3n) is 3.77. The summed E-state index contributed by atoms with van der Waals surface area (Å²) in [6, 6.07) is 10.6. The van der Waals surface area contributed by atoms with Gasteiger partial charge in [0.25, 0.3) is 5.69 Å². The Morgan fingerprint density at radius 1 is 1.29 bits per heavy atom. The van der Waals surface area contributed by atoms with E-state index in [1.54, 1.807) is 6.07 Å². The minimum Gasteiger partial charge on any atom is -0.384 e. The molecule has 2 N–H and O–H groups in total. The van der Waals surface area contributed by atoms with Gasteiger partial charge in [0.1, 0.15) is 11.9 Å². The Morgan fingerprint density at radius 3 is 2.88 bits per heavy atom. The molecule has 0 unspecified atom stereocenters. The third-order valence-corrected chi connectivity index (χ3v) is 3.77. The van der Waals surface area contributed by atoms with Gasteiger partial charge in [-0.25, -0.2) is 4.39 Å². The van der Waals surface area contributed by atoms with Crippen molar-refractivity contribution in [2.45, 2.75) is 6.42 Å². The molecule has 0 aliphatic heterocycles. The number of hydrogen-bond donors (Lipinski definition) is 2. The molecule has 3 rings (SSSR count). The number of fused-ring (bicyclic) bond motifs is 1. The number of non-ortho nitro benzene ring substituents is 1. The molecule has 0 bridgehead atoms. The molecule has 0 aliphatic carbocycles. The molecule has 6 nitrogen and oxygen atoms in total. The van der Waals surface area contributed by atoms with Crippen molar-refractivity contribution >= 4 is 22.3 Å². The third kappa shape index (κ3) is 3.03. The van der Waals surface area contributed by atoms with Gasteiger partial charge in [0.2, 0.25) is 0 Å². The molecule has 7 heteroatoms. The fourth-order valence-electron chi connectivity index (χ4n) is 2.58. The van der Waals surface area contributed by atoms with Crippen LogP contribution in [0.3, 0.4) is 0 Å². The van der Waals surface area contributed by atoms with Crippen LogP contribution in [0.15, 0.2) is 42.6 Å². The van der Waals surface area contributed by atoms with Crippen LogP contribution in [0.5, 0.6) is 0 Å². The van der Waals surface area contributed by atoms with Crippen LogP contribution in [0.1, 0.15) is 11.1 Å². The molecular weight excluding hydrogens is 311 g/mol. The Hall–Kier alpha value is -3.40. The van der Waals surface area contributed by atoms with E-state index in [0.717, 1.165) is 16.5 Å². The number of H-pyrrole nitrogens is 1. The quantitative estimate of drug-likeness (QED) is 0.552. The second-order valence-corrected chi connectivity index (χ2v) is 5.28. The summed E-state index contributed by atoms with van der Waals surface area (Å²) in [6.07, 6.45) is 2.44. The van der Waals surface area contributed by atoms with Crippen LogP contribution in [0.25, 0.3) is 10.9 Å². The van der Waals surface area contributed by atoms with Gasteiger partial charge in [0.05, 0.1) is 16.2 Å². The SMILES string of the molecule is N#Cc1cc([N+](=O)[O-])ccc1NCCc1c[nH]c2ccc(F)cc12. The minimum atomic E-state index is -0.537. The highest BCUT2D eigenvalue weighted by Crippen LogP contribution is 2.23. The first-order valence-corrected chi connectivity index (χ1v) is 7.26. The number of aromatic amines is 1. The number of nitrogens with zero attached hydrogens (tertiary/aromatic N) is 2. The summed E-state index contributed by atoms with van der Waals surface area (Å²) >= 11 is 0. The van der Waals surface area contributed by atoms with Crippen LogP contribution >= 0.6 is 0 Å². The van der Waals surface area contributed by atoms with Gasteiger partial charge in [-0.15, -0.1) is 0 Å². The normalized spacial score (nSPS) is 10.5. The van der Waals surface area contributed by atoms with Gasteiger partial charge in [0.15, 0.2) is 0 Å². The van der Waals surface area contributed by atoms with E-state index in [4.69, 9.17) is 5.26 Å². The molecule has 3 aromatic rings. The van der Waals surface area contributed by atoms with Gasteiger partial charge in [-0.3, -0.25) is 10.1 Å². The van der Waals surface area contributed by atoms with Crippen LogP contribution in [0, 0.1) is 27.3 Å². The van der Waals surface area contributed by atoms with Gasteiger partial charge in [0, 0.05) is 35.8 Å². The van der Waals surface area contributed by atoms with Crippen molar-refractivity contribution in [2.24, 2.45) is 0 Å². The number of anilines is 1. The number of nitriles is 1. The Labute approximate surface area is 136 Å². The van der Waals surface area contributed by atoms with E-state index in [1.165, 1.54) is 30.3 Å². The lowest BCUT2D eigenvalue weighted by Gasteiger charge is -2.07. The Kier molecular flexibility index (Phi) is 4.12. The summed E-state index contributed by atoms with van der Waals surface area (Å²) in [5.74, 6) is -0.293. The molecule has 2 aromatic carbocycles. The van der Waals surface area contributed by atoms with E-state index in [1.807, 2.05) is 12.3 Å². The molecular formula is C17H13FN4O2. The van der Waals surface area contributed by atoms with Crippen molar-refractivity contribution < 1.29 is 9.31 Å². The predicted octanol–water partition coefficient (Wildman–Crippen LogP) is 3.74. The largest absolute Gasteiger partial charge is 0.384 e. The van der Waals surface area contributed by atoms with Gasteiger partial charge >= 0.3 is 0 Å². The lowest BCUT2D eigenvalue weighted by Crippen LogP contribution is -2.06. The van der Waals surface area contributed by atoms with E-state index in [2.05, 4.69) is 10.3 Å². The Bertz CT molecular complexity index is 959. The lowest BCUT2D eigenvalue weighted by atomic mass is 10.1. The zero-order chi connectivity index (χ0) is 17.1. The second kappa shape index (κ2) is 6.38. The monoisotopic (exact) mass is 324 g/mol. The smallest absolute Gasteiger partial charge is 0.270 e. The molecule has 1 heterocycles. The molecule has 0 saturated heterocycles. The average Bonchev–Trinajstić information content (AvgIpc) is 2.97. The highest BCUT2D eigenvalue weighted by atomic mass is 19.1. The van der Waals surface area contributed by atoms with Crippen molar-refractivity contribution in [2.75, 3.05) is 11.9 Å². The van der Waals surface area contributed by atoms with E-state index in [9.17, 15) is 14.5 Å². The highest BCUT2D eigenvalue weighted by molar-refractivity contribution is 5.83. The highest BCUT2D eigenvalue weighted by Gasteiger charge is 2.11. The van der Waals surface area contributed by atoms with Crippen molar-refractivity contribution in [1.29, 1.82) is 5.26 Å². The van der Waals surface area contributed by atoms with Crippen LogP contribution in [0.4, 0.5) is 15.8 Å². The molecule has 0 aliphatic rings. The molecule has 0 amide bonds. The fourth-order valence-corrected chi connectivity index (χ4v) is 2.58. The number of hydrogen-bond acceptors (Lipinski definition) is 4. The van der Waals surface area contributed by atoms with Crippen LogP contribution in [-0.4, -0.2) is 16.5 Å². The number of halogens is 1. The maximum atomic E-state index is 13.4. The zero-order valence-corrected chi connectivity index (χ0v) is 12.5. The number of rotatable bonds is 5. The summed E-state index contributed by atoms with van der Waals surface area (Å²) in [5.41, 5.74) is 2.45. The summed E-state index contributed by atoms with van der Waals surface area (Å²) in [6.45, 7) is 0.510. The molecule has 120 valence electrons. The minimum absolute atomic E-state index is 0.121. The number of aromatic nitrogens is 1. The summed E-state index contributed by atoms with van der Waals surface area (Å²) in [5, 5.41) is 23.8. The molecule has 0 saturated carbocycles. The van der Waals surface area contributed by atoms with Crippen molar-refractivity contribution in [3.63, 3.8) is 0 Å². The number of benzene rings is 2. The fraction of sp³-hybridized carbons (Fsp3) is 0.118. The molecule has 0 radical (unpaired) electrons. The standard InChI is InChI=1S/C17H13FN4O2/c18-13-1-3-17-15(8-13)11(10-21-17)5-6-20-16-4-2-14(22(23)24)7-12(16)9-19/h1-4,7-8,10,20-21H,5-6H2. The average molecular weight is 324 g/mol. The lowest BCUT2D eigenvalue weighted by molar-refractivity contribution is -0.384. The van der Waals surface area contributed by atoms with Gasteiger partial charge in [-0.1, -0.05) is 0 Å². The molecule has 0 spiro atoms. The summed E-state index contributed by atoms with van der Waals surface area (Å²) < 4.78 is 13.4. The van der Waals surface area contributed by atoms with Gasteiger partial charge < -0.3 is 10.3 Å². The van der Waals surface area contributed by atoms with Crippen LogP contribution in [0.2, 0.25) is 0 Å². The number of nitro benzene ring substituents is 1. The maximum Gasteiger partial charge on any atom is 0.270 e. The van der Waals surface area contributed by atoms with E-state index in [0.29, 0.717) is 18.7 Å². The molecule has 1 aromatic heterocycles. The predicted molar refractivity (Wildman–Crippen MR) is 88.3 cm³/mol. The Balaban J connectivity index is 1.73. The first-order valence-electron chi connectivity index (χ1n) is 7.26. The van der Waals surface area contributed by atoms with Crippen molar-refractivity contribution in [1.82, 2.24) is 4.98 Å².